The van der Waals surface area contributed by atoms with Gasteiger partial charge >= 0.3 is 6.09 Å². The number of hydrogen-bond acceptors (Lipinski definition) is 12. The van der Waals surface area contributed by atoms with Crippen LogP contribution in [0.15, 0.2) is 89.9 Å². The molecular formula is C44H56N6O12S2. The number of allylic oxidation sites excluding steroid dienone is 4. The summed E-state index contributed by atoms with van der Waals surface area (Å²) in [6.07, 6.45) is 11.0. The third-order valence-electron chi connectivity index (χ3n) is 12.4. The summed E-state index contributed by atoms with van der Waals surface area (Å²) in [6, 6.07) is 11.8. The topological polar surface area (TPSA) is 233 Å². The second-order valence-corrected chi connectivity index (χ2v) is 21.9. The van der Waals surface area contributed by atoms with E-state index in [1.165, 1.54) is 24.1 Å². The summed E-state index contributed by atoms with van der Waals surface area (Å²) < 4.78 is 67.2. The Kier molecular flexibility index (Phi) is 13.6. The molecule has 3 fully saturated rings. The van der Waals surface area contributed by atoms with Crippen molar-refractivity contribution in [3.63, 3.8) is 0 Å². The van der Waals surface area contributed by atoms with Crippen molar-refractivity contribution in [3.05, 3.63) is 101 Å². The van der Waals surface area contributed by atoms with Gasteiger partial charge in [0.2, 0.25) is 31.9 Å². The number of carbonyl (C=O) groups is 3. The van der Waals surface area contributed by atoms with Crippen molar-refractivity contribution in [2.75, 3.05) is 33.4 Å². The van der Waals surface area contributed by atoms with E-state index in [0.717, 1.165) is 27.6 Å². The molecule has 1 unspecified atom stereocenters. The van der Waals surface area contributed by atoms with Gasteiger partial charge in [-0.1, -0.05) is 77.7 Å². The first kappa shape index (κ1) is 47.0. The van der Waals surface area contributed by atoms with Crippen LogP contribution >= 0.6 is 0 Å². The van der Waals surface area contributed by atoms with Gasteiger partial charge < -0.3 is 25.0 Å². The highest BCUT2D eigenvalue weighted by Crippen LogP contribution is 2.47. The van der Waals surface area contributed by atoms with Gasteiger partial charge in [0.05, 0.1) is 34.5 Å². The minimum absolute atomic E-state index is 0.00623. The van der Waals surface area contributed by atoms with Crippen LogP contribution in [0.2, 0.25) is 0 Å². The number of sulfonamides is 2. The van der Waals surface area contributed by atoms with Gasteiger partial charge in [0.1, 0.15) is 17.7 Å². The fourth-order valence-corrected chi connectivity index (χ4v) is 11.5. The van der Waals surface area contributed by atoms with E-state index in [1.54, 1.807) is 20.8 Å². The fraction of sp³-hybridized carbons (Fsp3) is 0.523. The molecule has 20 heteroatoms. The number of amides is 3. The SMILES string of the molecule is CO[C@@]1(C2C=CC(c3ccccc3)=CC2)C[C@H]2C(=O)N[C@]3(CONS(=O)(=O)C4CC4)C[C@H]3/C=C\CCCN(S(=O)(=O)c3ccccc3[N+](=O)[O-])C[C@H](NC(=O)OC(C)(C)C)C(=O)N2C1. The molecule has 64 heavy (non-hydrogen) atoms. The van der Waals surface area contributed by atoms with Crippen LogP contribution in [0.1, 0.15) is 71.3 Å². The van der Waals surface area contributed by atoms with E-state index in [4.69, 9.17) is 14.3 Å². The van der Waals surface area contributed by atoms with E-state index in [-0.39, 0.29) is 44.4 Å². The van der Waals surface area contributed by atoms with Crippen molar-refractivity contribution in [1.29, 1.82) is 0 Å². The van der Waals surface area contributed by atoms with Gasteiger partial charge in [-0.25, -0.2) is 21.6 Å². The Hall–Kier alpha value is -4.99. The van der Waals surface area contributed by atoms with Crippen LogP contribution in [0.5, 0.6) is 0 Å². The van der Waals surface area contributed by atoms with Crippen LogP contribution < -0.4 is 15.5 Å². The van der Waals surface area contributed by atoms with Crippen LogP contribution in [0.4, 0.5) is 10.5 Å². The number of hydrogen-bond donors (Lipinski definition) is 3. The van der Waals surface area contributed by atoms with E-state index in [1.807, 2.05) is 54.6 Å². The monoisotopic (exact) mass is 924 g/mol. The molecule has 2 aliphatic heterocycles. The Labute approximate surface area is 373 Å². The highest BCUT2D eigenvalue weighted by molar-refractivity contribution is 7.90. The average molecular weight is 925 g/mol. The largest absolute Gasteiger partial charge is 0.444 e. The molecule has 2 aromatic carbocycles. The number of nitrogens with zero attached hydrogens (tertiary/aromatic N) is 3. The van der Waals surface area contributed by atoms with Gasteiger partial charge in [0.25, 0.3) is 5.69 Å². The van der Waals surface area contributed by atoms with Crippen LogP contribution in [0, 0.1) is 22.0 Å². The van der Waals surface area contributed by atoms with Crippen LogP contribution in [0.25, 0.3) is 5.57 Å². The van der Waals surface area contributed by atoms with E-state index in [0.29, 0.717) is 32.1 Å². The molecule has 2 saturated carbocycles. The first-order valence-electron chi connectivity index (χ1n) is 21.4. The molecule has 346 valence electrons. The Balaban J connectivity index is 1.28. The molecule has 6 atom stereocenters. The maximum Gasteiger partial charge on any atom is 0.408 e. The van der Waals surface area contributed by atoms with Crippen molar-refractivity contribution >= 4 is 49.2 Å². The van der Waals surface area contributed by atoms with Crippen molar-refractivity contribution in [1.82, 2.24) is 24.7 Å². The molecule has 3 amide bonds. The summed E-state index contributed by atoms with van der Waals surface area (Å²) in [7, 11) is -6.94. The Bertz CT molecular complexity index is 2440. The molecule has 0 aromatic heterocycles. The maximum atomic E-state index is 15.3. The third-order valence-corrected chi connectivity index (χ3v) is 16.0. The number of fused-ring (bicyclic) bond motifs is 2. The number of para-hydroxylation sites is 1. The molecule has 2 heterocycles. The third kappa shape index (κ3) is 10.4. The Morgan fingerprint density at radius 2 is 1.72 bits per heavy atom. The number of methoxy groups -OCH3 is 1. The second kappa shape index (κ2) is 18.5. The number of nitro benzene ring substituents is 1. The minimum atomic E-state index is -4.71. The minimum Gasteiger partial charge on any atom is -0.444 e. The predicted octanol–water partition coefficient (Wildman–Crippen LogP) is 4.36. The zero-order chi connectivity index (χ0) is 46.1. The molecule has 0 bridgehead atoms. The smallest absolute Gasteiger partial charge is 0.408 e. The lowest BCUT2D eigenvalue weighted by molar-refractivity contribution is -0.387. The van der Waals surface area contributed by atoms with Crippen molar-refractivity contribution < 1.29 is 50.5 Å². The highest BCUT2D eigenvalue weighted by atomic mass is 32.2. The molecule has 18 nitrogen and oxygen atoms in total. The number of ether oxygens (including phenoxy) is 2. The highest BCUT2D eigenvalue weighted by Gasteiger charge is 2.59. The van der Waals surface area contributed by atoms with Crippen molar-refractivity contribution in [2.45, 2.75) is 105 Å². The van der Waals surface area contributed by atoms with Gasteiger partial charge in [-0.3, -0.25) is 24.5 Å². The molecule has 7 rings (SSSR count). The lowest BCUT2D eigenvalue weighted by atomic mass is 9.79. The fourth-order valence-electron chi connectivity index (χ4n) is 8.70. The van der Waals surface area contributed by atoms with E-state index in [9.17, 15) is 36.5 Å². The number of alkyl carbamates (subject to hydrolysis) is 1. The van der Waals surface area contributed by atoms with Gasteiger partial charge in [0, 0.05) is 44.5 Å². The van der Waals surface area contributed by atoms with Crippen LogP contribution in [-0.4, -0.2) is 116 Å². The normalized spacial score (nSPS) is 28.7. The zero-order valence-electron chi connectivity index (χ0n) is 36.3. The molecule has 0 spiro atoms. The van der Waals surface area contributed by atoms with Gasteiger partial charge in [-0.2, -0.15) is 4.31 Å². The molecule has 5 aliphatic rings. The molecular weight excluding hydrogens is 869 g/mol. The number of nitro groups is 1. The summed E-state index contributed by atoms with van der Waals surface area (Å²) in [6.45, 7) is 3.60. The second-order valence-electron chi connectivity index (χ2n) is 18.1. The number of benzene rings is 2. The molecule has 1 saturated heterocycles. The summed E-state index contributed by atoms with van der Waals surface area (Å²) in [5.41, 5.74) is -1.93. The summed E-state index contributed by atoms with van der Waals surface area (Å²) in [5, 5.41) is 17.2. The molecule has 0 radical (unpaired) electrons. The number of nitrogens with one attached hydrogen (secondary N) is 3. The number of carbonyl (C=O) groups excluding carboxylic acids is 3. The van der Waals surface area contributed by atoms with Crippen LogP contribution in [-0.2, 0) is 43.9 Å². The number of rotatable bonds is 12. The summed E-state index contributed by atoms with van der Waals surface area (Å²) in [4.78, 5) is 63.5. The first-order chi connectivity index (χ1) is 30.3. The van der Waals surface area contributed by atoms with Gasteiger partial charge in [-0.05, 0) is 76.5 Å². The predicted molar refractivity (Wildman–Crippen MR) is 235 cm³/mol. The van der Waals surface area contributed by atoms with E-state index in [2.05, 4.69) is 21.6 Å². The summed E-state index contributed by atoms with van der Waals surface area (Å²) >= 11 is 0. The standard InChI is InChI=1S/C44H56N6O12S2/c1-42(2,3)62-41(53)45-35-27-48(64(58,59)38-17-11-10-16-36(38)50(54)55)24-12-6-9-15-33-25-43(33,29-61-47-63(56,57)34-22-23-34)46-39(51)37-26-44(60-4,28-49(37)40(35)52)32-20-18-31(19-21-32)30-13-7-5-8-14-30/h5,7-11,13-20,32-35,37,47H,6,12,21-29H2,1-4H3,(H,45,53)(H,46,51)/b15-9-/t32?,33-,35+,37+,43+,44+/m1/s1. The van der Waals surface area contributed by atoms with Crippen molar-refractivity contribution in [3.8, 4) is 0 Å². The Morgan fingerprint density at radius 1 is 1.00 bits per heavy atom. The Morgan fingerprint density at radius 3 is 2.38 bits per heavy atom. The average Bonchev–Trinajstić information content (AvgIpc) is 4.18. The molecule has 3 N–H and O–H groups in total. The molecule has 3 aliphatic carbocycles. The summed E-state index contributed by atoms with van der Waals surface area (Å²) in [5.74, 6) is -2.08. The zero-order valence-corrected chi connectivity index (χ0v) is 37.9. The van der Waals surface area contributed by atoms with Gasteiger partial charge in [0.15, 0.2) is 4.90 Å². The van der Waals surface area contributed by atoms with Gasteiger partial charge in [-0.15, -0.1) is 0 Å². The van der Waals surface area contributed by atoms with E-state index < -0.39 is 94.1 Å². The molecule has 2 aromatic rings. The van der Waals surface area contributed by atoms with Crippen molar-refractivity contribution in [2.24, 2.45) is 11.8 Å². The maximum absolute atomic E-state index is 15.3. The van der Waals surface area contributed by atoms with Crippen LogP contribution in [0.3, 0.4) is 0 Å². The lowest BCUT2D eigenvalue weighted by Crippen LogP contribution is -2.59. The quantitative estimate of drug-likeness (QED) is 0.153. The first-order valence-corrected chi connectivity index (χ1v) is 24.4. The van der Waals surface area contributed by atoms with E-state index >= 15 is 4.79 Å². The lowest BCUT2D eigenvalue weighted by Gasteiger charge is -2.36.